The van der Waals surface area contributed by atoms with Crippen molar-refractivity contribution in [2.75, 3.05) is 5.32 Å². The molecule has 3 amide bonds. The lowest BCUT2D eigenvalue weighted by molar-refractivity contribution is -0.139. The Kier molecular flexibility index (Phi) is 7.10. The van der Waals surface area contributed by atoms with Gasteiger partial charge in [0.2, 0.25) is 17.7 Å². The standard InChI is InChI=1S/C20H21N3O3.ClH/c21-16(12-14-6-2-1-3-7-14)20(26)22-17-9-5-4-8-15(17)13-23-18(24)10-11-19(23)25;/h1-9,16H,10-13,21H2,(H,22,26);1H/t16-;/m0./s1. The van der Waals surface area contributed by atoms with Gasteiger partial charge >= 0.3 is 0 Å². The van der Waals surface area contributed by atoms with Crippen molar-refractivity contribution in [3.05, 3.63) is 65.7 Å². The molecule has 0 saturated carbocycles. The van der Waals surface area contributed by atoms with Crippen LogP contribution in [-0.4, -0.2) is 28.7 Å². The molecule has 3 rings (SSSR count). The number of hydrogen-bond donors (Lipinski definition) is 2. The predicted octanol–water partition coefficient (Wildman–Crippen LogP) is 2.27. The lowest BCUT2D eigenvalue weighted by atomic mass is 10.1. The van der Waals surface area contributed by atoms with E-state index in [0.29, 0.717) is 17.7 Å². The molecule has 0 aliphatic carbocycles. The SMILES string of the molecule is Cl.N[C@@H](Cc1ccccc1)C(=O)Nc1ccccc1CN1C(=O)CCC1=O. The lowest BCUT2D eigenvalue weighted by Gasteiger charge is -2.18. The number of nitrogens with two attached hydrogens (primary N) is 1. The first-order valence-corrected chi connectivity index (χ1v) is 8.56. The van der Waals surface area contributed by atoms with E-state index in [9.17, 15) is 14.4 Å². The Labute approximate surface area is 164 Å². The Bertz CT molecular complexity index is 810. The molecule has 1 saturated heterocycles. The molecule has 142 valence electrons. The summed E-state index contributed by atoms with van der Waals surface area (Å²) in [7, 11) is 0. The van der Waals surface area contributed by atoms with E-state index in [0.717, 1.165) is 5.56 Å². The molecule has 0 unspecified atom stereocenters. The summed E-state index contributed by atoms with van der Waals surface area (Å²) in [5.74, 6) is -0.672. The highest BCUT2D eigenvalue weighted by Gasteiger charge is 2.29. The average Bonchev–Trinajstić information content (AvgIpc) is 2.96. The van der Waals surface area contributed by atoms with Crippen molar-refractivity contribution in [2.24, 2.45) is 5.73 Å². The van der Waals surface area contributed by atoms with E-state index in [1.165, 1.54) is 4.90 Å². The number of halogens is 1. The molecule has 0 aromatic heterocycles. The second-order valence-corrected chi connectivity index (χ2v) is 6.32. The largest absolute Gasteiger partial charge is 0.324 e. The third kappa shape index (κ3) is 5.15. The minimum absolute atomic E-state index is 0. The molecule has 0 radical (unpaired) electrons. The van der Waals surface area contributed by atoms with Crippen LogP contribution in [0.15, 0.2) is 54.6 Å². The first-order valence-electron chi connectivity index (χ1n) is 8.56. The number of anilines is 1. The summed E-state index contributed by atoms with van der Waals surface area (Å²) in [5.41, 5.74) is 8.28. The number of para-hydroxylation sites is 1. The molecule has 3 N–H and O–H groups in total. The zero-order chi connectivity index (χ0) is 18.5. The van der Waals surface area contributed by atoms with Gasteiger partial charge in [0.15, 0.2) is 0 Å². The topological polar surface area (TPSA) is 92.5 Å². The second kappa shape index (κ2) is 9.30. The van der Waals surface area contributed by atoms with Gasteiger partial charge in [-0.15, -0.1) is 12.4 Å². The number of benzene rings is 2. The summed E-state index contributed by atoms with van der Waals surface area (Å²) >= 11 is 0. The van der Waals surface area contributed by atoms with Crippen LogP contribution in [0.3, 0.4) is 0 Å². The van der Waals surface area contributed by atoms with Crippen LogP contribution in [-0.2, 0) is 27.3 Å². The molecular formula is C20H22ClN3O3. The van der Waals surface area contributed by atoms with Gasteiger partial charge in [0.25, 0.3) is 0 Å². The van der Waals surface area contributed by atoms with Crippen LogP contribution in [0.25, 0.3) is 0 Å². The Morgan fingerprint density at radius 1 is 1.00 bits per heavy atom. The van der Waals surface area contributed by atoms with E-state index in [1.54, 1.807) is 24.3 Å². The number of hydrogen-bond acceptors (Lipinski definition) is 4. The minimum Gasteiger partial charge on any atom is -0.324 e. The number of likely N-dealkylation sites (tertiary alicyclic amines) is 1. The van der Waals surface area contributed by atoms with Gasteiger partial charge in [-0.05, 0) is 23.6 Å². The Morgan fingerprint density at radius 3 is 2.26 bits per heavy atom. The number of amides is 3. The molecule has 1 aliphatic rings. The van der Waals surface area contributed by atoms with Crippen molar-refractivity contribution >= 4 is 35.8 Å². The number of nitrogens with zero attached hydrogens (tertiary/aromatic N) is 1. The van der Waals surface area contributed by atoms with Crippen LogP contribution in [0.4, 0.5) is 5.69 Å². The zero-order valence-corrected chi connectivity index (χ0v) is 15.6. The average molecular weight is 388 g/mol. The fourth-order valence-electron chi connectivity index (χ4n) is 2.94. The number of nitrogens with one attached hydrogen (secondary N) is 1. The molecule has 1 fully saturated rings. The molecule has 1 heterocycles. The van der Waals surface area contributed by atoms with Crippen molar-refractivity contribution in [2.45, 2.75) is 31.8 Å². The predicted molar refractivity (Wildman–Crippen MR) is 105 cm³/mol. The third-order valence-corrected chi connectivity index (χ3v) is 4.39. The minimum atomic E-state index is -0.694. The van der Waals surface area contributed by atoms with Crippen LogP contribution >= 0.6 is 12.4 Å². The van der Waals surface area contributed by atoms with Gasteiger partial charge in [0.1, 0.15) is 0 Å². The van der Waals surface area contributed by atoms with E-state index in [4.69, 9.17) is 5.73 Å². The molecule has 1 aliphatic heterocycles. The Hall–Kier alpha value is -2.70. The van der Waals surface area contributed by atoms with Crippen LogP contribution in [0.2, 0.25) is 0 Å². The van der Waals surface area contributed by atoms with Gasteiger partial charge in [-0.1, -0.05) is 48.5 Å². The fourth-order valence-corrected chi connectivity index (χ4v) is 2.94. The van der Waals surface area contributed by atoms with Crippen molar-refractivity contribution < 1.29 is 14.4 Å². The summed E-state index contributed by atoms with van der Waals surface area (Å²) in [5, 5.41) is 2.82. The maximum Gasteiger partial charge on any atom is 0.241 e. The smallest absolute Gasteiger partial charge is 0.241 e. The molecule has 2 aromatic rings. The first-order chi connectivity index (χ1) is 12.5. The second-order valence-electron chi connectivity index (χ2n) is 6.32. The van der Waals surface area contributed by atoms with Gasteiger partial charge in [-0.3, -0.25) is 19.3 Å². The summed E-state index contributed by atoms with van der Waals surface area (Å²) in [4.78, 5) is 37.3. The van der Waals surface area contributed by atoms with Crippen LogP contribution in [0.5, 0.6) is 0 Å². The normalized spacial score (nSPS) is 14.6. The monoisotopic (exact) mass is 387 g/mol. The van der Waals surface area contributed by atoms with Crippen molar-refractivity contribution in [3.63, 3.8) is 0 Å². The van der Waals surface area contributed by atoms with Gasteiger partial charge in [0.05, 0.1) is 12.6 Å². The van der Waals surface area contributed by atoms with E-state index in [-0.39, 0.29) is 49.5 Å². The highest BCUT2D eigenvalue weighted by molar-refractivity contribution is 6.02. The summed E-state index contributed by atoms with van der Waals surface area (Å²) in [6, 6.07) is 16.0. The zero-order valence-electron chi connectivity index (χ0n) is 14.8. The summed E-state index contributed by atoms with van der Waals surface area (Å²) in [6.45, 7) is 0.155. The highest BCUT2D eigenvalue weighted by atomic mass is 35.5. The molecule has 0 bridgehead atoms. The van der Waals surface area contributed by atoms with Gasteiger partial charge in [-0.25, -0.2) is 0 Å². The fraction of sp³-hybridized carbons (Fsp3) is 0.250. The van der Waals surface area contributed by atoms with Crippen molar-refractivity contribution in [3.8, 4) is 0 Å². The van der Waals surface area contributed by atoms with Crippen molar-refractivity contribution in [1.29, 1.82) is 0 Å². The van der Waals surface area contributed by atoms with Gasteiger partial charge in [0, 0.05) is 18.5 Å². The van der Waals surface area contributed by atoms with Crippen molar-refractivity contribution in [1.82, 2.24) is 4.90 Å². The van der Waals surface area contributed by atoms with Crippen LogP contribution in [0.1, 0.15) is 24.0 Å². The number of carbonyl (C=O) groups is 3. The summed E-state index contributed by atoms with van der Waals surface area (Å²) < 4.78 is 0. The lowest BCUT2D eigenvalue weighted by Crippen LogP contribution is -2.38. The third-order valence-electron chi connectivity index (χ3n) is 4.39. The van der Waals surface area contributed by atoms with E-state index in [1.807, 2.05) is 30.3 Å². The Balaban J connectivity index is 0.00000261. The maximum atomic E-state index is 12.5. The number of imide groups is 1. The van der Waals surface area contributed by atoms with E-state index in [2.05, 4.69) is 5.32 Å². The molecule has 7 heteroatoms. The molecule has 2 aromatic carbocycles. The number of rotatable bonds is 6. The first kappa shape index (κ1) is 20.6. The van der Waals surface area contributed by atoms with Crippen LogP contribution < -0.4 is 11.1 Å². The van der Waals surface area contributed by atoms with E-state index >= 15 is 0 Å². The van der Waals surface area contributed by atoms with Crippen LogP contribution in [0, 0.1) is 0 Å². The quantitative estimate of drug-likeness (QED) is 0.743. The van der Waals surface area contributed by atoms with Gasteiger partial charge < -0.3 is 11.1 Å². The molecule has 1 atom stereocenters. The molecule has 0 spiro atoms. The van der Waals surface area contributed by atoms with E-state index < -0.39 is 6.04 Å². The highest BCUT2D eigenvalue weighted by Crippen LogP contribution is 2.21. The maximum absolute atomic E-state index is 12.5. The number of carbonyl (C=O) groups excluding carboxylic acids is 3. The molecular weight excluding hydrogens is 366 g/mol. The Morgan fingerprint density at radius 2 is 1.59 bits per heavy atom. The molecule has 6 nitrogen and oxygen atoms in total. The van der Waals surface area contributed by atoms with Gasteiger partial charge in [-0.2, -0.15) is 0 Å². The molecule has 27 heavy (non-hydrogen) atoms. The summed E-state index contributed by atoms with van der Waals surface area (Å²) in [6.07, 6.45) is 0.919.